The zero-order valence-corrected chi connectivity index (χ0v) is 13.9. The molecular weight excluding hydrogens is 282 g/mol. The number of aliphatic hydroxyl groups is 1. The first-order valence-corrected chi connectivity index (χ1v) is 7.77. The Kier molecular flexibility index (Phi) is 4.63. The van der Waals surface area contributed by atoms with Gasteiger partial charge in [-0.3, -0.25) is 14.6 Å². The molecule has 0 spiro atoms. The maximum atomic E-state index is 12.6. The second-order valence-corrected chi connectivity index (χ2v) is 7.00. The van der Waals surface area contributed by atoms with Crippen LogP contribution in [0.25, 0.3) is 0 Å². The van der Waals surface area contributed by atoms with Crippen LogP contribution >= 0.6 is 0 Å². The number of carbonyl (C=O) groups is 2. The van der Waals surface area contributed by atoms with Gasteiger partial charge < -0.3 is 10.4 Å². The van der Waals surface area contributed by atoms with Crippen molar-refractivity contribution in [1.29, 1.82) is 0 Å². The summed E-state index contributed by atoms with van der Waals surface area (Å²) in [7, 11) is 5.23. The van der Waals surface area contributed by atoms with Crippen molar-refractivity contribution in [3.63, 3.8) is 0 Å². The van der Waals surface area contributed by atoms with Crippen LogP contribution in [0.1, 0.15) is 26.2 Å². The summed E-state index contributed by atoms with van der Waals surface area (Å²) >= 11 is 0. The molecule has 2 fully saturated rings. The van der Waals surface area contributed by atoms with E-state index in [-0.39, 0.29) is 17.4 Å². The Morgan fingerprint density at radius 3 is 2.36 bits per heavy atom. The van der Waals surface area contributed by atoms with Crippen molar-refractivity contribution in [2.75, 3.05) is 21.1 Å². The molecule has 2 N–H and O–H groups in total. The number of nitrogens with zero attached hydrogens (tertiary/aromatic N) is 2. The maximum Gasteiger partial charge on any atom is 0.240 e. The molecule has 22 heavy (non-hydrogen) atoms. The molecule has 0 radical (unpaired) electrons. The van der Waals surface area contributed by atoms with Crippen LogP contribution in [0.3, 0.4) is 0 Å². The summed E-state index contributed by atoms with van der Waals surface area (Å²) in [5.41, 5.74) is -0.243. The fourth-order valence-electron chi connectivity index (χ4n) is 3.27. The molecule has 124 valence electrons. The molecule has 2 saturated carbocycles. The van der Waals surface area contributed by atoms with E-state index in [9.17, 15) is 14.7 Å². The van der Waals surface area contributed by atoms with Gasteiger partial charge in [-0.2, -0.15) is 0 Å². The second-order valence-electron chi connectivity index (χ2n) is 7.00. The smallest absolute Gasteiger partial charge is 0.240 e. The second kappa shape index (κ2) is 6.01. The zero-order chi connectivity index (χ0) is 16.7. The van der Waals surface area contributed by atoms with Crippen LogP contribution in [-0.2, 0) is 9.59 Å². The van der Waals surface area contributed by atoms with Crippen LogP contribution in [0.2, 0.25) is 0 Å². The van der Waals surface area contributed by atoms with E-state index in [1.165, 1.54) is 5.01 Å². The van der Waals surface area contributed by atoms with Gasteiger partial charge in [0.1, 0.15) is 0 Å². The van der Waals surface area contributed by atoms with Gasteiger partial charge in [0.2, 0.25) is 11.8 Å². The highest BCUT2D eigenvalue weighted by Gasteiger charge is 2.52. The van der Waals surface area contributed by atoms with E-state index in [1.54, 1.807) is 26.2 Å². The van der Waals surface area contributed by atoms with Gasteiger partial charge in [-0.1, -0.05) is 6.08 Å². The third kappa shape index (κ3) is 3.17. The molecule has 6 heteroatoms. The average Bonchev–Trinajstić information content (AvgIpc) is 2.92. The normalized spacial score (nSPS) is 37.0. The SMILES string of the molecule is C=CC1CC1(C)NC(=O)C1CC(O)CC1C(=O)N(C)N(C)C. The highest BCUT2D eigenvalue weighted by molar-refractivity contribution is 5.88. The van der Waals surface area contributed by atoms with Gasteiger partial charge in [0.15, 0.2) is 0 Å². The minimum atomic E-state index is -0.595. The summed E-state index contributed by atoms with van der Waals surface area (Å²) in [5.74, 6) is -0.891. The number of carbonyl (C=O) groups excluding carboxylic acids is 2. The summed E-state index contributed by atoms with van der Waals surface area (Å²) < 4.78 is 0. The van der Waals surface area contributed by atoms with Crippen molar-refractivity contribution in [3.8, 4) is 0 Å². The van der Waals surface area contributed by atoms with Crippen molar-refractivity contribution in [2.45, 2.75) is 37.8 Å². The molecule has 5 unspecified atom stereocenters. The third-order valence-electron chi connectivity index (χ3n) is 5.11. The lowest BCUT2D eigenvalue weighted by molar-refractivity contribution is -0.150. The van der Waals surface area contributed by atoms with Crippen molar-refractivity contribution < 1.29 is 14.7 Å². The fourth-order valence-corrected chi connectivity index (χ4v) is 3.27. The number of hydrogen-bond acceptors (Lipinski definition) is 4. The molecule has 0 bridgehead atoms. The molecule has 0 aromatic rings. The van der Waals surface area contributed by atoms with E-state index in [1.807, 2.05) is 13.0 Å². The molecule has 0 saturated heterocycles. The van der Waals surface area contributed by atoms with E-state index >= 15 is 0 Å². The number of hydrogen-bond donors (Lipinski definition) is 2. The molecule has 6 nitrogen and oxygen atoms in total. The molecular formula is C16H27N3O3. The van der Waals surface area contributed by atoms with Crippen LogP contribution in [-0.4, -0.2) is 59.7 Å². The first-order valence-electron chi connectivity index (χ1n) is 7.77. The van der Waals surface area contributed by atoms with Gasteiger partial charge in [-0.15, -0.1) is 6.58 Å². The monoisotopic (exact) mass is 309 g/mol. The van der Waals surface area contributed by atoms with Gasteiger partial charge in [0.05, 0.1) is 17.9 Å². The lowest BCUT2D eigenvalue weighted by Crippen LogP contribution is -2.47. The number of nitrogens with one attached hydrogen (secondary N) is 1. The summed E-state index contributed by atoms with van der Waals surface area (Å²) in [5, 5.41) is 16.1. The lowest BCUT2D eigenvalue weighted by Gasteiger charge is -2.29. The molecule has 2 rings (SSSR count). The highest BCUT2D eigenvalue weighted by Crippen LogP contribution is 2.44. The van der Waals surface area contributed by atoms with E-state index in [0.29, 0.717) is 18.8 Å². The zero-order valence-electron chi connectivity index (χ0n) is 13.9. The Hall–Kier alpha value is -1.40. The summed E-state index contributed by atoms with van der Waals surface area (Å²) in [4.78, 5) is 25.1. The Bertz CT molecular complexity index is 479. The Balaban J connectivity index is 2.06. The highest BCUT2D eigenvalue weighted by atomic mass is 16.3. The van der Waals surface area contributed by atoms with Crippen molar-refractivity contribution in [3.05, 3.63) is 12.7 Å². The summed E-state index contributed by atoms with van der Waals surface area (Å²) in [6, 6.07) is 0. The topological polar surface area (TPSA) is 72.9 Å². The summed E-state index contributed by atoms with van der Waals surface area (Å²) in [6.45, 7) is 5.75. The van der Waals surface area contributed by atoms with Crippen molar-refractivity contribution >= 4 is 11.8 Å². The Labute approximate surface area is 132 Å². The van der Waals surface area contributed by atoms with Gasteiger partial charge in [-0.05, 0) is 26.2 Å². The lowest BCUT2D eigenvalue weighted by atomic mass is 9.93. The first kappa shape index (κ1) is 17.0. The number of aliphatic hydroxyl groups excluding tert-OH is 1. The summed E-state index contributed by atoms with van der Waals surface area (Å²) in [6.07, 6.45) is 2.83. The third-order valence-corrected chi connectivity index (χ3v) is 5.11. The number of hydrazine groups is 1. The molecule has 2 aliphatic rings. The number of rotatable bonds is 5. The van der Waals surface area contributed by atoms with Crippen LogP contribution in [0, 0.1) is 17.8 Å². The molecule has 0 aromatic carbocycles. The van der Waals surface area contributed by atoms with Crippen LogP contribution in [0.15, 0.2) is 12.7 Å². The molecule has 0 aromatic heterocycles. The largest absolute Gasteiger partial charge is 0.393 e. The van der Waals surface area contributed by atoms with Gasteiger partial charge >= 0.3 is 0 Å². The minimum absolute atomic E-state index is 0.122. The standard InChI is InChI=1S/C16H27N3O3/c1-6-10-9-16(10,2)17-14(21)12-7-11(20)8-13(12)15(22)19(5)18(3)4/h6,10-13,20H,1,7-9H2,2-5H3,(H,17,21). The molecule has 0 heterocycles. The Morgan fingerprint density at radius 2 is 1.86 bits per heavy atom. The Morgan fingerprint density at radius 1 is 1.27 bits per heavy atom. The minimum Gasteiger partial charge on any atom is -0.393 e. The van der Waals surface area contributed by atoms with Crippen LogP contribution < -0.4 is 5.32 Å². The van der Waals surface area contributed by atoms with Gasteiger partial charge in [0, 0.05) is 32.6 Å². The molecule has 2 aliphatic carbocycles. The molecule has 2 amide bonds. The molecule has 0 aliphatic heterocycles. The predicted molar refractivity (Wildman–Crippen MR) is 83.5 cm³/mol. The number of amides is 2. The fraction of sp³-hybridized carbons (Fsp3) is 0.750. The molecule has 5 atom stereocenters. The van der Waals surface area contributed by atoms with Crippen molar-refractivity contribution in [2.24, 2.45) is 17.8 Å². The van der Waals surface area contributed by atoms with Crippen molar-refractivity contribution in [1.82, 2.24) is 15.3 Å². The predicted octanol–water partition coefficient (Wildman–Crippen LogP) is 0.389. The van der Waals surface area contributed by atoms with Gasteiger partial charge in [0.25, 0.3) is 0 Å². The van der Waals surface area contributed by atoms with Crippen LogP contribution in [0.5, 0.6) is 0 Å². The maximum absolute atomic E-state index is 12.6. The van der Waals surface area contributed by atoms with E-state index in [4.69, 9.17) is 0 Å². The van der Waals surface area contributed by atoms with Gasteiger partial charge in [-0.25, -0.2) is 5.01 Å². The van der Waals surface area contributed by atoms with Crippen LogP contribution in [0.4, 0.5) is 0 Å². The average molecular weight is 309 g/mol. The van der Waals surface area contributed by atoms with E-state index in [2.05, 4.69) is 11.9 Å². The quantitative estimate of drug-likeness (QED) is 0.569. The first-order chi connectivity index (χ1) is 10.2. The van der Waals surface area contributed by atoms with E-state index in [0.717, 1.165) is 6.42 Å². The van der Waals surface area contributed by atoms with E-state index < -0.39 is 17.9 Å².